The van der Waals surface area contributed by atoms with E-state index in [2.05, 4.69) is 14.9 Å². The van der Waals surface area contributed by atoms with Crippen LogP contribution >= 0.6 is 0 Å². The number of para-hydroxylation sites is 1. The molecular weight excluding hydrogens is 354 g/mol. The molecule has 1 aromatic carbocycles. The molecule has 2 aromatic heterocycles. The molecule has 1 atom stereocenters. The van der Waals surface area contributed by atoms with Gasteiger partial charge in [0.15, 0.2) is 0 Å². The second kappa shape index (κ2) is 7.24. The minimum Gasteiger partial charge on any atom is -0.368 e. The van der Waals surface area contributed by atoms with Crippen molar-refractivity contribution in [2.45, 2.75) is 18.9 Å². The second-order valence-electron chi connectivity index (χ2n) is 7.33. The van der Waals surface area contributed by atoms with E-state index in [0.717, 1.165) is 35.6 Å². The molecule has 28 heavy (non-hydrogen) atoms. The third-order valence-corrected chi connectivity index (χ3v) is 5.55. The Hall–Kier alpha value is -2.93. The maximum Gasteiger partial charge on any atom is 0.256 e. The number of anilines is 1. The Morgan fingerprint density at radius 1 is 1.14 bits per heavy atom. The Kier molecular flexibility index (Phi) is 4.44. The van der Waals surface area contributed by atoms with Crippen molar-refractivity contribution in [2.24, 2.45) is 0 Å². The summed E-state index contributed by atoms with van der Waals surface area (Å²) in [5.74, 6) is 0.786. The van der Waals surface area contributed by atoms with Crippen LogP contribution in [-0.4, -0.2) is 58.5 Å². The molecule has 144 valence electrons. The molecule has 1 amide bonds. The first-order valence-corrected chi connectivity index (χ1v) is 9.84. The average Bonchev–Trinajstić information content (AvgIpc) is 3.45. The summed E-state index contributed by atoms with van der Waals surface area (Å²) < 4.78 is 5.96. The summed E-state index contributed by atoms with van der Waals surface area (Å²) >= 11 is 0. The molecule has 2 saturated heterocycles. The number of hydrogen-bond donors (Lipinski definition) is 1. The number of ether oxygens (including phenoxy) is 1. The molecule has 7 nitrogen and oxygen atoms in total. The van der Waals surface area contributed by atoms with Crippen LogP contribution in [0.3, 0.4) is 0 Å². The first-order chi connectivity index (χ1) is 13.8. The van der Waals surface area contributed by atoms with Crippen molar-refractivity contribution in [3.63, 3.8) is 0 Å². The number of hydrogen-bond acceptors (Lipinski definition) is 5. The number of nitrogens with one attached hydrogen (secondary N) is 1. The van der Waals surface area contributed by atoms with Gasteiger partial charge in [0.25, 0.3) is 5.91 Å². The van der Waals surface area contributed by atoms with Crippen LogP contribution in [0.1, 0.15) is 35.0 Å². The number of aromatic nitrogens is 3. The predicted molar refractivity (Wildman–Crippen MR) is 106 cm³/mol. The summed E-state index contributed by atoms with van der Waals surface area (Å²) in [7, 11) is 0. The number of amides is 1. The molecule has 0 unspecified atom stereocenters. The van der Waals surface area contributed by atoms with Gasteiger partial charge in [-0.1, -0.05) is 12.1 Å². The van der Waals surface area contributed by atoms with Crippen LogP contribution in [-0.2, 0) is 4.74 Å². The van der Waals surface area contributed by atoms with E-state index >= 15 is 0 Å². The van der Waals surface area contributed by atoms with Gasteiger partial charge >= 0.3 is 0 Å². The molecule has 0 aliphatic carbocycles. The molecule has 2 fully saturated rings. The molecule has 2 aliphatic rings. The van der Waals surface area contributed by atoms with E-state index < -0.39 is 0 Å². The highest BCUT2D eigenvalue weighted by Crippen LogP contribution is 2.25. The third kappa shape index (κ3) is 3.11. The first-order valence-electron chi connectivity index (χ1n) is 9.84. The highest BCUT2D eigenvalue weighted by molar-refractivity contribution is 6.05. The van der Waals surface area contributed by atoms with E-state index in [1.165, 1.54) is 12.8 Å². The van der Waals surface area contributed by atoms with Gasteiger partial charge in [0.2, 0.25) is 5.95 Å². The van der Waals surface area contributed by atoms with Gasteiger partial charge in [0.05, 0.1) is 29.9 Å². The van der Waals surface area contributed by atoms with Crippen LogP contribution in [0, 0.1) is 0 Å². The smallest absolute Gasteiger partial charge is 0.256 e. The lowest BCUT2D eigenvalue weighted by Gasteiger charge is -2.33. The van der Waals surface area contributed by atoms with Crippen LogP contribution in [0.25, 0.3) is 10.9 Å². The molecule has 1 N–H and O–H groups in total. The molecular formula is C21H23N5O2. The van der Waals surface area contributed by atoms with Crippen LogP contribution in [0.4, 0.5) is 5.95 Å². The lowest BCUT2D eigenvalue weighted by molar-refractivity contribution is -0.0246. The van der Waals surface area contributed by atoms with Crippen molar-refractivity contribution in [2.75, 3.05) is 37.7 Å². The Morgan fingerprint density at radius 3 is 2.93 bits per heavy atom. The fourth-order valence-corrected chi connectivity index (χ4v) is 4.06. The van der Waals surface area contributed by atoms with Gasteiger partial charge < -0.3 is 19.5 Å². The quantitative estimate of drug-likeness (QED) is 0.760. The summed E-state index contributed by atoms with van der Waals surface area (Å²) in [6.45, 7) is 3.57. The monoisotopic (exact) mass is 377 g/mol. The predicted octanol–water partition coefficient (Wildman–Crippen LogP) is 2.77. The maximum absolute atomic E-state index is 13.2. The van der Waals surface area contributed by atoms with Crippen molar-refractivity contribution in [3.05, 3.63) is 54.0 Å². The summed E-state index contributed by atoms with van der Waals surface area (Å²) in [5.41, 5.74) is 2.42. The molecule has 5 rings (SSSR count). The van der Waals surface area contributed by atoms with Gasteiger partial charge in [-0.15, -0.1) is 0 Å². The lowest BCUT2D eigenvalue weighted by Crippen LogP contribution is -2.42. The van der Waals surface area contributed by atoms with E-state index in [1.807, 2.05) is 41.4 Å². The second-order valence-corrected chi connectivity index (χ2v) is 7.33. The zero-order valence-corrected chi connectivity index (χ0v) is 15.7. The molecule has 2 aliphatic heterocycles. The minimum absolute atomic E-state index is 0.0233. The number of nitrogens with zero attached hydrogens (tertiary/aromatic N) is 4. The van der Waals surface area contributed by atoms with Gasteiger partial charge in [0.1, 0.15) is 6.10 Å². The largest absolute Gasteiger partial charge is 0.368 e. The average molecular weight is 377 g/mol. The van der Waals surface area contributed by atoms with E-state index in [1.54, 1.807) is 6.20 Å². The number of carbonyl (C=O) groups excluding carboxylic acids is 1. The molecule has 0 spiro atoms. The molecule has 0 saturated carbocycles. The summed E-state index contributed by atoms with van der Waals surface area (Å²) in [4.78, 5) is 29.6. The molecule has 3 aromatic rings. The SMILES string of the molecule is O=C(c1cccc2cc[nH]c12)N1CCO[C@H](c2ccnc(N3CCCC3)n2)C1. The number of benzene rings is 1. The zero-order chi connectivity index (χ0) is 18.9. The molecule has 7 heteroatoms. The van der Waals surface area contributed by atoms with Crippen molar-refractivity contribution >= 4 is 22.8 Å². The van der Waals surface area contributed by atoms with Crippen molar-refractivity contribution < 1.29 is 9.53 Å². The summed E-state index contributed by atoms with van der Waals surface area (Å²) in [5, 5.41) is 1.04. The summed E-state index contributed by atoms with van der Waals surface area (Å²) in [6, 6.07) is 9.68. The number of morpholine rings is 1. The van der Waals surface area contributed by atoms with Crippen molar-refractivity contribution in [1.82, 2.24) is 19.9 Å². The fourth-order valence-electron chi connectivity index (χ4n) is 4.06. The number of H-pyrrole nitrogens is 1. The molecule has 0 radical (unpaired) electrons. The Balaban J connectivity index is 1.37. The Labute approximate surface area is 163 Å². The fraction of sp³-hybridized carbons (Fsp3) is 0.381. The number of aromatic amines is 1. The number of fused-ring (bicyclic) bond motifs is 1. The first kappa shape index (κ1) is 17.2. The van der Waals surface area contributed by atoms with Crippen molar-refractivity contribution in [3.8, 4) is 0 Å². The normalized spacial score (nSPS) is 20.1. The van der Waals surface area contributed by atoms with Crippen LogP contribution in [0.5, 0.6) is 0 Å². The standard InChI is InChI=1S/C21H23N5O2/c27-20(16-5-3-4-15-6-8-22-19(15)16)26-12-13-28-18(14-26)17-7-9-23-21(24-17)25-10-1-2-11-25/h3-9,18,22H,1-2,10-14H2/t18-/m0/s1. The molecule has 0 bridgehead atoms. The lowest BCUT2D eigenvalue weighted by atomic mass is 10.1. The molecule has 4 heterocycles. The van der Waals surface area contributed by atoms with Gasteiger partial charge in [0, 0.05) is 37.4 Å². The highest BCUT2D eigenvalue weighted by Gasteiger charge is 2.28. The Morgan fingerprint density at radius 2 is 2.04 bits per heavy atom. The van der Waals surface area contributed by atoms with Gasteiger partial charge in [-0.3, -0.25) is 4.79 Å². The minimum atomic E-state index is -0.232. The number of carbonyl (C=O) groups is 1. The Bertz CT molecular complexity index is 995. The maximum atomic E-state index is 13.2. The topological polar surface area (TPSA) is 74.3 Å². The zero-order valence-electron chi connectivity index (χ0n) is 15.7. The van der Waals surface area contributed by atoms with E-state index in [0.29, 0.717) is 25.3 Å². The van der Waals surface area contributed by atoms with E-state index in [4.69, 9.17) is 9.72 Å². The van der Waals surface area contributed by atoms with Gasteiger partial charge in [-0.25, -0.2) is 9.97 Å². The van der Waals surface area contributed by atoms with Gasteiger partial charge in [-0.05, 0) is 31.0 Å². The number of rotatable bonds is 3. The third-order valence-electron chi connectivity index (χ3n) is 5.55. The van der Waals surface area contributed by atoms with E-state index in [-0.39, 0.29) is 12.0 Å². The highest BCUT2D eigenvalue weighted by atomic mass is 16.5. The van der Waals surface area contributed by atoms with Crippen LogP contribution < -0.4 is 4.90 Å². The summed E-state index contributed by atoms with van der Waals surface area (Å²) in [6.07, 6.45) is 5.79. The van der Waals surface area contributed by atoms with Crippen LogP contribution in [0.2, 0.25) is 0 Å². The van der Waals surface area contributed by atoms with Gasteiger partial charge in [-0.2, -0.15) is 0 Å². The van der Waals surface area contributed by atoms with E-state index in [9.17, 15) is 4.79 Å². The van der Waals surface area contributed by atoms with Crippen LogP contribution in [0.15, 0.2) is 42.7 Å². The van der Waals surface area contributed by atoms with Crippen molar-refractivity contribution in [1.29, 1.82) is 0 Å².